The molecule has 3 heterocycles. The summed E-state index contributed by atoms with van der Waals surface area (Å²) >= 11 is 2.90. The molecule has 6 aliphatic rings. The first-order valence-corrected chi connectivity index (χ1v) is 43.7. The van der Waals surface area contributed by atoms with Gasteiger partial charge in [-0.25, -0.2) is 5.43 Å². The van der Waals surface area contributed by atoms with Crippen LogP contribution in [0.2, 0.25) is 0 Å². The number of likely N-dealkylation sites (N-methyl/N-ethyl adjacent to an activating group) is 1. The van der Waals surface area contributed by atoms with Gasteiger partial charge in [-0.15, -0.1) is 0 Å². The molecule has 2 saturated carbocycles. The van der Waals surface area contributed by atoms with E-state index in [-0.39, 0.29) is 103 Å². The third-order valence-electron chi connectivity index (χ3n) is 20.9. The molecule has 2 bridgehead atoms. The molecule has 3 aliphatic carbocycles. The summed E-state index contributed by atoms with van der Waals surface area (Å²) in [5.74, 6) is 6.24. The lowest BCUT2D eigenvalue weighted by atomic mass is 9.64. The molecule has 30 nitrogen and oxygen atoms in total. The van der Waals surface area contributed by atoms with Gasteiger partial charge >= 0.3 is 5.97 Å². The highest BCUT2D eigenvalue weighted by Gasteiger charge is 2.55. The fourth-order valence-electron chi connectivity index (χ4n) is 14.8. The average Bonchev–Trinajstić information content (AvgIpc) is 0.756. The number of methoxy groups -OCH3 is 3. The van der Waals surface area contributed by atoms with Crippen LogP contribution in [0.15, 0.2) is 53.2 Å². The number of allylic oxidation sites excluding steroid dienone is 2. The number of ketones is 1. The number of fused-ring (bicyclic) bond motifs is 2. The van der Waals surface area contributed by atoms with E-state index >= 15 is 0 Å². The standard InChI is InChI=1S/C77H109IN5O25PS3/c1-14-83(46(7)86)54-40-102-60(33-48(54)38-84)106-70-67(93)64(82-108-50-32-41(2)72(55(87)34-50)111-73(94)61-42(3)63(78)69(71(100-13)68(61)99-12)107-74-66(92)52(39-85)65(91)45(6)104-74)44(5)103-75(70)105-57-20-17-15-16-18-26-77(95)36-56(88)51(35-59(90)98-11)62(57)53(77)25-31-110-112-76(8,9)37-58(89)81-80-43(4)47-21-23-49(24-22-47)101-28-30-109(96,97)29-19-27-79-10/h15-16,21-25,41,44-45,48,50-52,54-55,57,60,62,64-67,70,72,74-75,79,82,84-85,87,91-93,95H,14,19,27-40H2,1-13H3,(H,81,89)(H,96,97)/b16-15-,53-25-,80-43+/t41?,44?,45?,48?,50?,51-,52?,54?,55?,57-,60?,62?,64?,65?,66?,67?,70?,72?,74?,75?,77-/m0/s1. The Bertz CT molecular complexity index is 3850. The van der Waals surface area contributed by atoms with Crippen LogP contribution in [0.1, 0.15) is 122 Å². The summed E-state index contributed by atoms with van der Waals surface area (Å²) < 4.78 is 73.5. The van der Waals surface area contributed by atoms with E-state index in [0.717, 1.165) is 11.8 Å². The van der Waals surface area contributed by atoms with Crippen LogP contribution in [0.25, 0.3) is 0 Å². The Morgan fingerprint density at radius 3 is 2.27 bits per heavy atom. The van der Waals surface area contributed by atoms with Gasteiger partial charge in [0.05, 0.1) is 118 Å². The highest BCUT2D eigenvalue weighted by atomic mass is 127. The SMILES string of the molecule is CCN(C(C)=O)C1COC(OC2C(O[C@H]3C#C/C=C\C#C[C@]4(O)CC(=O)[C@H](CC(=O)OC)C3/C4=C/CSSC(C)(C)CC(=O)N/N=C(\C)c3ccc(OCCP(=O)(O)CCCNC)cc3)OC(C)C(NOC3CC(C)C(SC(=O)c4c(C)c(I)c(OC5OC(C)C(O)C(CO)C5O)c(OC)c4OC)C(O)C3)C2O)CC1CO. The zero-order valence-corrected chi connectivity index (χ0v) is 70.9. The number of benzene rings is 2. The monoisotopic (exact) mass is 1760 g/mol. The quantitative estimate of drug-likeness (QED) is 0.00487. The summed E-state index contributed by atoms with van der Waals surface area (Å²) in [6, 6.07) is 5.31. The maximum Gasteiger partial charge on any atom is 0.306 e. The number of Topliss-reactive ketones (excluding diaryl/α,β-unsaturated/α-hetero) is 1. The van der Waals surface area contributed by atoms with Crippen molar-refractivity contribution in [3.63, 3.8) is 0 Å². The van der Waals surface area contributed by atoms with Crippen LogP contribution in [-0.2, 0) is 57.0 Å². The van der Waals surface area contributed by atoms with Crippen molar-refractivity contribution in [3.8, 4) is 46.7 Å². The number of nitrogens with one attached hydrogen (secondary N) is 3. The van der Waals surface area contributed by atoms with Crippen LogP contribution in [0.3, 0.4) is 0 Å². The second kappa shape index (κ2) is 42.4. The lowest BCUT2D eigenvalue weighted by Gasteiger charge is -2.48. The zero-order chi connectivity index (χ0) is 82.1. The molecule has 2 aromatic carbocycles. The van der Waals surface area contributed by atoms with E-state index in [1.54, 1.807) is 70.0 Å². The topological polar surface area (TPSA) is 417 Å². The zero-order valence-electron chi connectivity index (χ0n) is 65.4. The predicted octanol–water partition coefficient (Wildman–Crippen LogP) is 5.18. The summed E-state index contributed by atoms with van der Waals surface area (Å²) in [7, 11) is 5.07. The first-order chi connectivity index (χ1) is 53.2. The molecule has 0 aromatic heterocycles. The maximum absolute atomic E-state index is 14.7. The number of halogens is 1. The lowest BCUT2D eigenvalue weighted by Crippen LogP contribution is -2.65. The average molecular weight is 1760 g/mol. The minimum absolute atomic E-state index is 0.0148. The summed E-state index contributed by atoms with van der Waals surface area (Å²) in [5, 5.41) is 86.3. The number of hydrogen-bond acceptors (Lipinski definition) is 30. The maximum atomic E-state index is 14.7. The number of hydroxylamine groups is 1. The minimum Gasteiger partial charge on any atom is -0.493 e. The summed E-state index contributed by atoms with van der Waals surface area (Å²) in [4.78, 5) is 87.4. The number of hydrogen-bond donors (Lipinski definition) is 11. The van der Waals surface area contributed by atoms with Crippen molar-refractivity contribution in [3.05, 3.63) is 68.3 Å². The Morgan fingerprint density at radius 2 is 1.62 bits per heavy atom. The number of aliphatic hydroxyl groups excluding tert-OH is 6. The number of ether oxygens (including phenoxy) is 10. The fraction of sp³-hybridized carbons (Fsp3) is 0.662. The highest BCUT2D eigenvalue weighted by Crippen LogP contribution is 2.51. The molecule has 0 spiro atoms. The number of thioether (sulfide) groups is 1. The Hall–Kier alpha value is -4.97. The molecule has 112 heavy (non-hydrogen) atoms. The number of hydrazone groups is 1. The van der Waals surface area contributed by atoms with Crippen molar-refractivity contribution in [2.45, 2.75) is 209 Å². The van der Waals surface area contributed by atoms with Crippen LogP contribution in [0.5, 0.6) is 23.0 Å². The molecule has 2 amide bonds. The molecule has 19 unspecified atom stereocenters. The first kappa shape index (κ1) is 92.5. The van der Waals surface area contributed by atoms with Crippen molar-refractivity contribution in [2.75, 3.05) is 86.0 Å². The molecule has 2 aromatic rings. The van der Waals surface area contributed by atoms with Gasteiger partial charge in [0.15, 0.2) is 29.7 Å². The lowest BCUT2D eigenvalue weighted by molar-refractivity contribution is -0.335. The Kier molecular flexibility index (Phi) is 35.1. The van der Waals surface area contributed by atoms with E-state index in [4.69, 9.17) is 52.2 Å². The highest BCUT2D eigenvalue weighted by molar-refractivity contribution is 14.1. The van der Waals surface area contributed by atoms with Gasteiger partial charge in [0.1, 0.15) is 35.9 Å². The third-order valence-corrected chi connectivity index (χ3v) is 28.7. The Balaban J connectivity index is 0.996. The molecule has 22 atom stereocenters. The van der Waals surface area contributed by atoms with E-state index in [9.17, 15) is 69.2 Å². The van der Waals surface area contributed by atoms with Crippen LogP contribution < -0.4 is 35.2 Å². The summed E-state index contributed by atoms with van der Waals surface area (Å²) in [6.45, 7) is 15.6. The van der Waals surface area contributed by atoms with Gasteiger partial charge in [0.25, 0.3) is 0 Å². The van der Waals surface area contributed by atoms with E-state index in [1.807, 2.05) is 50.3 Å². The van der Waals surface area contributed by atoms with Crippen molar-refractivity contribution < 1.29 is 121 Å². The van der Waals surface area contributed by atoms with E-state index in [0.29, 0.717) is 52.1 Å². The van der Waals surface area contributed by atoms with Gasteiger partial charge in [-0.3, -0.25) is 33.4 Å². The number of aliphatic hydroxyl groups is 7. The van der Waals surface area contributed by atoms with Crippen molar-refractivity contribution >= 4 is 97.7 Å². The molecule has 622 valence electrons. The normalized spacial score (nSPS) is 32.0. The summed E-state index contributed by atoms with van der Waals surface area (Å²) in [5.41, 5.74) is 5.49. The van der Waals surface area contributed by atoms with Gasteiger partial charge in [-0.05, 0) is 157 Å². The van der Waals surface area contributed by atoms with Crippen LogP contribution in [0.4, 0.5) is 0 Å². The molecule has 3 aliphatic heterocycles. The van der Waals surface area contributed by atoms with Crippen molar-refractivity contribution in [2.24, 2.45) is 34.7 Å². The Labute approximate surface area is 680 Å². The molecule has 3 saturated heterocycles. The van der Waals surface area contributed by atoms with Crippen molar-refractivity contribution in [1.29, 1.82) is 0 Å². The second-order valence-electron chi connectivity index (χ2n) is 29.4. The number of nitrogens with zero attached hydrogens (tertiary/aromatic N) is 2. The molecular weight excluding hydrogens is 1650 g/mol. The van der Waals surface area contributed by atoms with E-state index < -0.39 is 169 Å². The number of carbonyl (C=O) groups is 5. The largest absolute Gasteiger partial charge is 0.493 e. The van der Waals surface area contributed by atoms with Gasteiger partial charge in [0, 0.05) is 84.9 Å². The molecule has 8 rings (SSSR count). The van der Waals surface area contributed by atoms with Gasteiger partial charge in [-0.2, -0.15) is 10.6 Å². The molecule has 5 fully saturated rings. The van der Waals surface area contributed by atoms with Gasteiger partial charge in [-0.1, -0.05) is 70.0 Å². The number of esters is 1. The fourth-order valence-corrected chi connectivity index (χ4v) is 20.3. The van der Waals surface area contributed by atoms with Crippen LogP contribution in [-0.4, -0.2) is 267 Å². The number of amides is 2. The molecular formula is C77H109IN5O25PS3. The van der Waals surface area contributed by atoms with Gasteiger partial charge in [0.2, 0.25) is 36.3 Å². The minimum atomic E-state index is -3.33. The molecule has 35 heteroatoms. The van der Waals surface area contributed by atoms with E-state index in [1.165, 1.54) is 62.0 Å². The predicted molar refractivity (Wildman–Crippen MR) is 428 cm³/mol. The number of rotatable bonds is 35. The van der Waals surface area contributed by atoms with E-state index in [2.05, 4.69) is 45.0 Å². The van der Waals surface area contributed by atoms with Crippen LogP contribution >= 0.6 is 63.3 Å². The van der Waals surface area contributed by atoms with Crippen LogP contribution in [0, 0.1) is 63.8 Å². The van der Waals surface area contributed by atoms with Crippen molar-refractivity contribution in [1.82, 2.24) is 21.1 Å². The molecule has 0 radical (unpaired) electrons. The second-order valence-corrected chi connectivity index (χ2v) is 37.3. The van der Waals surface area contributed by atoms with Gasteiger partial charge < -0.3 is 98.2 Å². The summed E-state index contributed by atoms with van der Waals surface area (Å²) in [6.07, 6.45) is -10.2. The number of carbonyl (C=O) groups excluding carboxylic acids is 5. The Morgan fingerprint density at radius 1 is 0.911 bits per heavy atom. The third kappa shape index (κ3) is 23.7. The molecule has 11 N–H and O–H groups in total. The first-order valence-electron chi connectivity index (χ1n) is 37.4. The smallest absolute Gasteiger partial charge is 0.306 e.